The Hall–Kier alpha value is -1.03. The molecule has 0 bridgehead atoms. The van der Waals surface area contributed by atoms with E-state index in [0.29, 0.717) is 6.04 Å². The van der Waals surface area contributed by atoms with E-state index in [9.17, 15) is 0 Å². The molecule has 4 heteroatoms. The minimum atomic E-state index is 0.663. The van der Waals surface area contributed by atoms with Crippen molar-refractivity contribution < 1.29 is 0 Å². The molecule has 3 rings (SSSR count). The summed E-state index contributed by atoms with van der Waals surface area (Å²) in [6.45, 7) is 2.02. The first-order chi connectivity index (χ1) is 7.25. The van der Waals surface area contributed by atoms with Crippen LogP contribution >= 0.6 is 15.9 Å². The van der Waals surface area contributed by atoms with Gasteiger partial charge < -0.3 is 5.32 Å². The Morgan fingerprint density at radius 2 is 2.27 bits per heavy atom. The standard InChI is InChI=1S/C11H12BrN3/c1-7-13-11(12)9-3-2-4-10(15(7)9)14-8-5-6-8/h2-4,8,14H,5-6H2,1H3. The Morgan fingerprint density at radius 1 is 1.47 bits per heavy atom. The zero-order chi connectivity index (χ0) is 10.4. The Bertz CT molecular complexity index is 514. The highest BCUT2D eigenvalue weighted by Crippen LogP contribution is 2.27. The molecule has 2 aromatic rings. The third-order valence-electron chi connectivity index (χ3n) is 2.71. The van der Waals surface area contributed by atoms with Gasteiger partial charge in [0.25, 0.3) is 0 Å². The maximum atomic E-state index is 4.42. The van der Waals surface area contributed by atoms with Crippen LogP contribution < -0.4 is 5.32 Å². The number of aromatic nitrogens is 2. The van der Waals surface area contributed by atoms with Crippen LogP contribution in [0.2, 0.25) is 0 Å². The van der Waals surface area contributed by atoms with Crippen molar-refractivity contribution in [3.63, 3.8) is 0 Å². The van der Waals surface area contributed by atoms with E-state index >= 15 is 0 Å². The molecular formula is C11H12BrN3. The molecule has 1 aliphatic carbocycles. The Morgan fingerprint density at radius 3 is 3.00 bits per heavy atom. The summed E-state index contributed by atoms with van der Waals surface area (Å²) in [4.78, 5) is 4.42. The second-order valence-corrected chi connectivity index (χ2v) is 4.75. The fraction of sp³-hybridized carbons (Fsp3) is 0.364. The third kappa shape index (κ3) is 1.53. The van der Waals surface area contributed by atoms with E-state index in [-0.39, 0.29) is 0 Å². The number of anilines is 1. The number of hydrogen-bond donors (Lipinski definition) is 1. The highest BCUT2D eigenvalue weighted by Gasteiger charge is 2.22. The van der Waals surface area contributed by atoms with Gasteiger partial charge in [0.1, 0.15) is 16.2 Å². The highest BCUT2D eigenvalue weighted by molar-refractivity contribution is 9.10. The SMILES string of the molecule is Cc1nc(Br)c2cccc(NC3CC3)n12. The lowest BCUT2D eigenvalue weighted by Gasteiger charge is -2.08. The van der Waals surface area contributed by atoms with E-state index in [4.69, 9.17) is 0 Å². The molecule has 0 atom stereocenters. The first kappa shape index (κ1) is 9.21. The largest absolute Gasteiger partial charge is 0.368 e. The molecule has 0 radical (unpaired) electrons. The lowest BCUT2D eigenvalue weighted by Crippen LogP contribution is -2.06. The summed E-state index contributed by atoms with van der Waals surface area (Å²) in [6.07, 6.45) is 2.57. The van der Waals surface area contributed by atoms with Gasteiger partial charge in [-0.3, -0.25) is 4.40 Å². The fourth-order valence-electron chi connectivity index (χ4n) is 1.82. The van der Waals surface area contributed by atoms with E-state index in [1.807, 2.05) is 6.92 Å². The van der Waals surface area contributed by atoms with Crippen molar-refractivity contribution in [2.45, 2.75) is 25.8 Å². The summed E-state index contributed by atoms with van der Waals surface area (Å²) < 4.78 is 3.07. The average Bonchev–Trinajstić information content (AvgIpc) is 2.96. The smallest absolute Gasteiger partial charge is 0.132 e. The number of imidazole rings is 1. The van der Waals surface area contributed by atoms with E-state index in [2.05, 4.69) is 48.8 Å². The minimum Gasteiger partial charge on any atom is -0.368 e. The average molecular weight is 266 g/mol. The summed E-state index contributed by atoms with van der Waals surface area (Å²) in [5.41, 5.74) is 1.12. The number of nitrogens with zero attached hydrogens (tertiary/aromatic N) is 2. The monoisotopic (exact) mass is 265 g/mol. The Kier molecular flexibility index (Phi) is 1.99. The number of halogens is 1. The molecule has 1 fully saturated rings. The fourth-order valence-corrected chi connectivity index (χ4v) is 2.38. The molecule has 1 saturated carbocycles. The summed E-state index contributed by atoms with van der Waals surface area (Å²) in [5.74, 6) is 2.16. The Labute approximate surface area is 96.6 Å². The molecule has 0 unspecified atom stereocenters. The quantitative estimate of drug-likeness (QED) is 0.905. The number of rotatable bonds is 2. The minimum absolute atomic E-state index is 0.663. The normalized spacial score (nSPS) is 15.9. The van der Waals surface area contributed by atoms with Gasteiger partial charge in [-0.1, -0.05) is 6.07 Å². The molecule has 1 aliphatic rings. The maximum absolute atomic E-state index is 4.42. The molecule has 2 aromatic heterocycles. The van der Waals surface area contributed by atoms with Gasteiger partial charge in [0.2, 0.25) is 0 Å². The van der Waals surface area contributed by atoms with Gasteiger partial charge in [-0.05, 0) is 47.8 Å². The lowest BCUT2D eigenvalue weighted by atomic mass is 10.4. The topological polar surface area (TPSA) is 29.3 Å². The van der Waals surface area contributed by atoms with Crippen LogP contribution in [0.25, 0.3) is 5.52 Å². The van der Waals surface area contributed by atoms with Gasteiger partial charge in [0.15, 0.2) is 0 Å². The number of hydrogen-bond acceptors (Lipinski definition) is 2. The number of pyridine rings is 1. The molecule has 2 heterocycles. The molecular weight excluding hydrogens is 254 g/mol. The molecule has 15 heavy (non-hydrogen) atoms. The zero-order valence-electron chi connectivity index (χ0n) is 8.50. The molecule has 0 aromatic carbocycles. The van der Waals surface area contributed by atoms with Gasteiger partial charge in [0.05, 0.1) is 5.52 Å². The van der Waals surface area contributed by atoms with Crippen LogP contribution in [0, 0.1) is 6.92 Å². The molecule has 78 valence electrons. The van der Waals surface area contributed by atoms with Gasteiger partial charge in [-0.2, -0.15) is 0 Å². The second kappa shape index (κ2) is 3.23. The first-order valence-corrected chi connectivity index (χ1v) is 5.95. The number of fused-ring (bicyclic) bond motifs is 1. The molecule has 0 amide bonds. The number of nitrogens with one attached hydrogen (secondary N) is 1. The summed E-state index contributed by atoms with van der Waals surface area (Å²) >= 11 is 3.47. The predicted octanol–water partition coefficient (Wildman–Crippen LogP) is 2.98. The molecule has 0 aliphatic heterocycles. The van der Waals surface area contributed by atoms with Crippen molar-refractivity contribution in [3.05, 3.63) is 28.6 Å². The maximum Gasteiger partial charge on any atom is 0.132 e. The Balaban J connectivity index is 2.18. The number of aryl methyl sites for hydroxylation is 1. The highest BCUT2D eigenvalue weighted by atomic mass is 79.9. The third-order valence-corrected chi connectivity index (χ3v) is 3.30. The van der Waals surface area contributed by atoms with E-state index in [0.717, 1.165) is 21.8 Å². The van der Waals surface area contributed by atoms with E-state index in [1.54, 1.807) is 0 Å². The van der Waals surface area contributed by atoms with Crippen molar-refractivity contribution >= 4 is 27.3 Å². The van der Waals surface area contributed by atoms with Crippen LogP contribution in [0.4, 0.5) is 5.82 Å². The zero-order valence-corrected chi connectivity index (χ0v) is 10.1. The van der Waals surface area contributed by atoms with Crippen LogP contribution in [0.1, 0.15) is 18.7 Å². The lowest BCUT2D eigenvalue weighted by molar-refractivity contribution is 1.01. The second-order valence-electron chi connectivity index (χ2n) is 4.00. The van der Waals surface area contributed by atoms with Gasteiger partial charge in [-0.15, -0.1) is 0 Å². The van der Waals surface area contributed by atoms with Crippen molar-refractivity contribution in [1.29, 1.82) is 0 Å². The molecule has 0 spiro atoms. The summed E-state index contributed by atoms with van der Waals surface area (Å²) in [6, 6.07) is 6.90. The van der Waals surface area contributed by atoms with Crippen LogP contribution in [0.15, 0.2) is 22.8 Å². The molecule has 0 saturated heterocycles. The van der Waals surface area contributed by atoms with Crippen molar-refractivity contribution in [2.75, 3.05) is 5.32 Å². The van der Waals surface area contributed by atoms with Crippen LogP contribution in [-0.2, 0) is 0 Å². The van der Waals surface area contributed by atoms with Crippen LogP contribution in [0.5, 0.6) is 0 Å². The van der Waals surface area contributed by atoms with Gasteiger partial charge >= 0.3 is 0 Å². The van der Waals surface area contributed by atoms with Crippen molar-refractivity contribution in [2.24, 2.45) is 0 Å². The predicted molar refractivity (Wildman–Crippen MR) is 64.3 cm³/mol. The van der Waals surface area contributed by atoms with Gasteiger partial charge in [-0.25, -0.2) is 4.98 Å². The van der Waals surface area contributed by atoms with Crippen molar-refractivity contribution in [1.82, 2.24) is 9.38 Å². The summed E-state index contributed by atoms with van der Waals surface area (Å²) in [7, 11) is 0. The molecule has 3 nitrogen and oxygen atoms in total. The van der Waals surface area contributed by atoms with E-state index < -0.39 is 0 Å². The van der Waals surface area contributed by atoms with Gasteiger partial charge in [0, 0.05) is 6.04 Å². The summed E-state index contributed by atoms with van der Waals surface area (Å²) in [5, 5.41) is 3.52. The van der Waals surface area contributed by atoms with Crippen LogP contribution in [-0.4, -0.2) is 15.4 Å². The first-order valence-electron chi connectivity index (χ1n) is 5.16. The van der Waals surface area contributed by atoms with Crippen molar-refractivity contribution in [3.8, 4) is 0 Å². The van der Waals surface area contributed by atoms with E-state index in [1.165, 1.54) is 12.8 Å². The molecule has 1 N–H and O–H groups in total. The van der Waals surface area contributed by atoms with Crippen LogP contribution in [0.3, 0.4) is 0 Å².